The summed E-state index contributed by atoms with van der Waals surface area (Å²) in [6.07, 6.45) is 0.522. The fraction of sp³-hybridized carbons (Fsp3) is 0.100. The van der Waals surface area contributed by atoms with Crippen molar-refractivity contribution in [3.05, 3.63) is 23.2 Å². The van der Waals surface area contributed by atoms with Gasteiger partial charge in [0.05, 0.1) is 18.1 Å². The van der Waals surface area contributed by atoms with E-state index in [1.54, 1.807) is 18.2 Å². The molecule has 2 rings (SSSR count). The highest BCUT2D eigenvalue weighted by molar-refractivity contribution is 6.31. The number of fused-ring (bicyclic) bond motifs is 1. The molecule has 6 heteroatoms. The van der Waals surface area contributed by atoms with Gasteiger partial charge in [-0.05, 0) is 18.2 Å². The molecule has 0 bridgehead atoms. The summed E-state index contributed by atoms with van der Waals surface area (Å²) < 4.78 is 5.01. The molecule has 1 N–H and O–H groups in total. The van der Waals surface area contributed by atoms with E-state index >= 15 is 0 Å². The second kappa shape index (κ2) is 4.32. The molecule has 0 radical (unpaired) electrons. The monoisotopic (exact) mass is 237 g/mol. The summed E-state index contributed by atoms with van der Waals surface area (Å²) in [5, 5.41) is 2.99. The molecule has 0 atom stereocenters. The molecular formula is C10H8ClN3O2. The quantitative estimate of drug-likeness (QED) is 0.828. The van der Waals surface area contributed by atoms with Gasteiger partial charge in [-0.15, -0.1) is 0 Å². The summed E-state index contributed by atoms with van der Waals surface area (Å²) in [5.74, 6) is 0.536. The fourth-order valence-electron chi connectivity index (χ4n) is 1.30. The maximum atomic E-state index is 10.4. The lowest BCUT2D eigenvalue weighted by Crippen LogP contribution is -2.02. The van der Waals surface area contributed by atoms with Gasteiger partial charge < -0.3 is 10.1 Å². The average Bonchev–Trinajstić information content (AvgIpc) is 2.29. The van der Waals surface area contributed by atoms with Crippen molar-refractivity contribution in [1.29, 1.82) is 0 Å². The zero-order chi connectivity index (χ0) is 11.5. The second-order valence-corrected chi connectivity index (χ2v) is 3.41. The molecule has 0 aliphatic carbocycles. The van der Waals surface area contributed by atoms with Crippen LogP contribution in [0.25, 0.3) is 11.0 Å². The molecule has 1 aromatic heterocycles. The predicted octanol–water partition coefficient (Wildman–Crippen LogP) is 1.86. The third-order valence-corrected chi connectivity index (χ3v) is 2.22. The minimum atomic E-state index is 0.252. The van der Waals surface area contributed by atoms with Crippen molar-refractivity contribution in [2.24, 2.45) is 0 Å². The Hall–Kier alpha value is -1.88. The topological polar surface area (TPSA) is 64.1 Å². The van der Waals surface area contributed by atoms with Gasteiger partial charge in [-0.2, -0.15) is 0 Å². The molecule has 0 aliphatic heterocycles. The molecule has 82 valence electrons. The van der Waals surface area contributed by atoms with Crippen LogP contribution in [-0.2, 0) is 4.79 Å². The highest BCUT2D eigenvalue weighted by Gasteiger charge is 2.08. The zero-order valence-corrected chi connectivity index (χ0v) is 9.15. The summed E-state index contributed by atoms with van der Waals surface area (Å²) in [6.45, 7) is 0. The number of amides is 1. The molecule has 1 aromatic carbocycles. The first kappa shape index (κ1) is 10.6. The molecule has 0 saturated heterocycles. The maximum Gasteiger partial charge on any atom is 0.258 e. The number of nitrogens with zero attached hydrogens (tertiary/aromatic N) is 2. The lowest BCUT2D eigenvalue weighted by molar-refractivity contribution is -0.105. The number of carbonyl (C=O) groups is 1. The van der Waals surface area contributed by atoms with Gasteiger partial charge in [-0.1, -0.05) is 11.6 Å². The zero-order valence-electron chi connectivity index (χ0n) is 8.40. The van der Waals surface area contributed by atoms with Crippen LogP contribution >= 0.6 is 11.6 Å². The molecule has 0 unspecified atom stereocenters. The fourth-order valence-corrected chi connectivity index (χ4v) is 1.47. The van der Waals surface area contributed by atoms with Crippen LogP contribution in [0, 0.1) is 0 Å². The lowest BCUT2D eigenvalue weighted by Gasteiger charge is -2.06. The first-order chi connectivity index (χ1) is 7.74. The number of aromatic nitrogens is 2. The Kier molecular flexibility index (Phi) is 2.87. The van der Waals surface area contributed by atoms with Crippen molar-refractivity contribution >= 4 is 34.9 Å². The molecule has 0 fully saturated rings. The molecular weight excluding hydrogens is 230 g/mol. The SMILES string of the molecule is COc1nc2cc(Cl)ccc2nc1NC=O. The van der Waals surface area contributed by atoms with Crippen LogP contribution in [0.3, 0.4) is 0 Å². The van der Waals surface area contributed by atoms with E-state index in [9.17, 15) is 4.79 Å². The summed E-state index contributed by atoms with van der Waals surface area (Å²) in [4.78, 5) is 18.7. The Balaban J connectivity index is 2.64. The van der Waals surface area contributed by atoms with Crippen LogP contribution in [0.2, 0.25) is 5.02 Å². The van der Waals surface area contributed by atoms with Gasteiger partial charge in [0.1, 0.15) is 0 Å². The third kappa shape index (κ3) is 1.90. The van der Waals surface area contributed by atoms with E-state index < -0.39 is 0 Å². The summed E-state index contributed by atoms with van der Waals surface area (Å²) >= 11 is 5.83. The summed E-state index contributed by atoms with van der Waals surface area (Å²) in [5.41, 5.74) is 1.25. The van der Waals surface area contributed by atoms with Crippen LogP contribution in [-0.4, -0.2) is 23.5 Å². The number of benzene rings is 1. The van der Waals surface area contributed by atoms with Crippen molar-refractivity contribution < 1.29 is 9.53 Å². The minimum absolute atomic E-state index is 0.252. The van der Waals surface area contributed by atoms with Crippen LogP contribution in [0.5, 0.6) is 5.88 Å². The van der Waals surface area contributed by atoms with Crippen molar-refractivity contribution in [1.82, 2.24) is 9.97 Å². The van der Waals surface area contributed by atoms with E-state index in [-0.39, 0.29) is 11.7 Å². The number of carbonyl (C=O) groups excluding carboxylic acids is 1. The number of ether oxygens (including phenoxy) is 1. The van der Waals surface area contributed by atoms with Crippen molar-refractivity contribution in [3.63, 3.8) is 0 Å². The van der Waals surface area contributed by atoms with E-state index in [1.165, 1.54) is 7.11 Å². The Morgan fingerprint density at radius 3 is 2.88 bits per heavy atom. The van der Waals surface area contributed by atoms with Crippen molar-refractivity contribution in [2.75, 3.05) is 12.4 Å². The summed E-state index contributed by atoms with van der Waals surface area (Å²) in [7, 11) is 1.45. The molecule has 0 spiro atoms. The third-order valence-electron chi connectivity index (χ3n) is 1.98. The molecule has 0 saturated carbocycles. The van der Waals surface area contributed by atoms with E-state index in [4.69, 9.17) is 16.3 Å². The number of methoxy groups -OCH3 is 1. The maximum absolute atomic E-state index is 10.4. The van der Waals surface area contributed by atoms with Gasteiger partial charge >= 0.3 is 0 Å². The van der Waals surface area contributed by atoms with Crippen molar-refractivity contribution in [3.8, 4) is 5.88 Å². The number of halogens is 1. The largest absolute Gasteiger partial charge is 0.478 e. The molecule has 5 nitrogen and oxygen atoms in total. The molecule has 0 aliphatic rings. The van der Waals surface area contributed by atoms with E-state index in [1.807, 2.05) is 0 Å². The highest BCUT2D eigenvalue weighted by atomic mass is 35.5. The van der Waals surface area contributed by atoms with E-state index in [2.05, 4.69) is 15.3 Å². The number of anilines is 1. The van der Waals surface area contributed by atoms with Gasteiger partial charge in [-0.3, -0.25) is 4.79 Å². The normalized spacial score (nSPS) is 10.1. The molecule has 2 aromatic rings. The number of nitrogens with one attached hydrogen (secondary N) is 1. The Bertz CT molecular complexity index is 545. The lowest BCUT2D eigenvalue weighted by atomic mass is 10.3. The van der Waals surface area contributed by atoms with Gasteiger partial charge in [0.25, 0.3) is 5.88 Å². The number of hydrogen-bond acceptors (Lipinski definition) is 4. The molecule has 1 amide bonds. The minimum Gasteiger partial charge on any atom is -0.478 e. The molecule has 16 heavy (non-hydrogen) atoms. The van der Waals surface area contributed by atoms with Gasteiger partial charge in [0, 0.05) is 5.02 Å². The van der Waals surface area contributed by atoms with Crippen LogP contribution in [0.15, 0.2) is 18.2 Å². The standard InChI is InChI=1S/C10H8ClN3O2/c1-16-10-9(12-5-15)13-7-3-2-6(11)4-8(7)14-10/h2-5H,1H3,(H,12,13,15). The average molecular weight is 238 g/mol. The van der Waals surface area contributed by atoms with Crippen molar-refractivity contribution in [2.45, 2.75) is 0 Å². The predicted molar refractivity (Wildman–Crippen MR) is 60.8 cm³/mol. The van der Waals surface area contributed by atoms with Crippen LogP contribution in [0.4, 0.5) is 5.82 Å². The first-order valence-corrected chi connectivity index (χ1v) is 4.84. The Labute approximate surface area is 96.4 Å². The molecule has 1 heterocycles. The second-order valence-electron chi connectivity index (χ2n) is 2.98. The van der Waals surface area contributed by atoms with E-state index in [0.717, 1.165) is 0 Å². The van der Waals surface area contributed by atoms with Gasteiger partial charge in [0.15, 0.2) is 5.82 Å². The number of hydrogen-bond donors (Lipinski definition) is 1. The smallest absolute Gasteiger partial charge is 0.258 e. The van der Waals surface area contributed by atoms with Gasteiger partial charge in [0.2, 0.25) is 6.41 Å². The van der Waals surface area contributed by atoms with Crippen LogP contribution in [0.1, 0.15) is 0 Å². The summed E-state index contributed by atoms with van der Waals surface area (Å²) in [6, 6.07) is 5.10. The first-order valence-electron chi connectivity index (χ1n) is 4.46. The van der Waals surface area contributed by atoms with Crippen LogP contribution < -0.4 is 10.1 Å². The van der Waals surface area contributed by atoms with Gasteiger partial charge in [-0.25, -0.2) is 9.97 Å². The number of rotatable bonds is 3. The Morgan fingerprint density at radius 1 is 1.38 bits per heavy atom. The highest BCUT2D eigenvalue weighted by Crippen LogP contribution is 2.24. The van der Waals surface area contributed by atoms with E-state index in [0.29, 0.717) is 22.5 Å². The Morgan fingerprint density at radius 2 is 2.19 bits per heavy atom.